The summed E-state index contributed by atoms with van der Waals surface area (Å²) in [5, 5.41) is 2.78. The van der Waals surface area contributed by atoms with Gasteiger partial charge in [-0.15, -0.1) is 11.8 Å². The molecule has 2 fully saturated rings. The quantitative estimate of drug-likeness (QED) is 0.832. The fraction of sp³-hybridized carbons (Fsp3) is 0.350. The summed E-state index contributed by atoms with van der Waals surface area (Å²) in [6.07, 6.45) is 0. The molecule has 4 rings (SSSR count). The molecule has 26 heavy (non-hydrogen) atoms. The van der Waals surface area contributed by atoms with E-state index < -0.39 is 16.9 Å². The van der Waals surface area contributed by atoms with Crippen LogP contribution in [0.25, 0.3) is 0 Å². The maximum absolute atomic E-state index is 14.2. The first-order chi connectivity index (χ1) is 12.6. The molecule has 2 saturated heterocycles. The summed E-state index contributed by atoms with van der Waals surface area (Å²) in [6, 6.07) is 12.7. The van der Waals surface area contributed by atoms with Crippen LogP contribution >= 0.6 is 11.8 Å². The Kier molecular flexibility index (Phi) is 4.96. The zero-order chi connectivity index (χ0) is 18.1. The summed E-state index contributed by atoms with van der Waals surface area (Å²) in [5.74, 6) is -0.0561. The van der Waals surface area contributed by atoms with E-state index in [-0.39, 0.29) is 10.8 Å². The average Bonchev–Trinajstić information content (AvgIpc) is 3.24. The number of nitrogens with zero attached hydrogens (tertiary/aromatic N) is 1. The van der Waals surface area contributed by atoms with Crippen LogP contribution in [0.3, 0.4) is 0 Å². The third kappa shape index (κ3) is 3.48. The van der Waals surface area contributed by atoms with Crippen molar-refractivity contribution >= 4 is 17.7 Å². The predicted molar refractivity (Wildman–Crippen MR) is 97.8 cm³/mol. The van der Waals surface area contributed by atoms with E-state index in [2.05, 4.69) is 5.32 Å². The summed E-state index contributed by atoms with van der Waals surface area (Å²) in [6.45, 7) is 3.34. The minimum atomic E-state index is -0.584. The Labute approximate surface area is 155 Å². The van der Waals surface area contributed by atoms with Gasteiger partial charge >= 0.3 is 0 Å². The van der Waals surface area contributed by atoms with Crippen LogP contribution in [-0.4, -0.2) is 37.0 Å². The smallest absolute Gasteiger partial charge is 0.240 e. The molecule has 1 N–H and O–H groups in total. The second-order valence-corrected chi connectivity index (χ2v) is 8.05. The van der Waals surface area contributed by atoms with Gasteiger partial charge in [0, 0.05) is 31.1 Å². The molecule has 2 heterocycles. The lowest BCUT2D eigenvalue weighted by Crippen LogP contribution is -2.34. The summed E-state index contributed by atoms with van der Waals surface area (Å²) >= 11 is 1.08. The first-order valence-corrected chi connectivity index (χ1v) is 9.66. The summed E-state index contributed by atoms with van der Waals surface area (Å²) in [4.78, 5) is 15.3. The van der Waals surface area contributed by atoms with Gasteiger partial charge in [-0.2, -0.15) is 0 Å². The van der Waals surface area contributed by atoms with E-state index in [1.54, 1.807) is 0 Å². The topological polar surface area (TPSA) is 32.3 Å². The minimum Gasteiger partial charge on any atom is -0.341 e. The molecule has 2 aromatic rings. The van der Waals surface area contributed by atoms with Crippen LogP contribution in [0.1, 0.15) is 10.8 Å². The number of likely N-dealkylation sites (tertiary alicyclic amines) is 1. The van der Waals surface area contributed by atoms with Crippen molar-refractivity contribution in [3.8, 4) is 0 Å². The van der Waals surface area contributed by atoms with Gasteiger partial charge in [-0.05, 0) is 35.6 Å². The molecule has 0 radical (unpaired) electrons. The Morgan fingerprint density at radius 1 is 1.08 bits per heavy atom. The summed E-state index contributed by atoms with van der Waals surface area (Å²) in [5.41, 5.74) is 0.807. The summed E-state index contributed by atoms with van der Waals surface area (Å²) < 4.78 is 27.7. The van der Waals surface area contributed by atoms with Gasteiger partial charge in [0.05, 0.1) is 0 Å². The number of thioether (sulfide) groups is 1. The van der Waals surface area contributed by atoms with Crippen molar-refractivity contribution in [1.82, 2.24) is 10.2 Å². The highest BCUT2D eigenvalue weighted by molar-refractivity contribution is 8.00. The Hall–Kier alpha value is -1.92. The number of rotatable bonds is 4. The molecule has 0 aromatic heterocycles. The van der Waals surface area contributed by atoms with Crippen LogP contribution in [0, 0.1) is 23.5 Å². The lowest BCUT2D eigenvalue weighted by Gasteiger charge is -2.24. The van der Waals surface area contributed by atoms with E-state index >= 15 is 0 Å². The van der Waals surface area contributed by atoms with E-state index in [0.717, 1.165) is 61.7 Å². The van der Waals surface area contributed by atoms with E-state index in [9.17, 15) is 13.6 Å². The van der Waals surface area contributed by atoms with Crippen LogP contribution in [0.2, 0.25) is 0 Å². The predicted octanol–water partition coefficient (Wildman–Crippen LogP) is 3.48. The van der Waals surface area contributed by atoms with Crippen molar-refractivity contribution in [3.05, 3.63) is 65.7 Å². The van der Waals surface area contributed by atoms with Crippen molar-refractivity contribution in [3.63, 3.8) is 0 Å². The van der Waals surface area contributed by atoms with Gasteiger partial charge in [0.15, 0.2) is 0 Å². The fourth-order valence-corrected chi connectivity index (χ4v) is 4.94. The molecule has 136 valence electrons. The molecule has 6 heteroatoms. The van der Waals surface area contributed by atoms with Crippen molar-refractivity contribution in [2.24, 2.45) is 11.8 Å². The molecule has 2 aliphatic rings. The van der Waals surface area contributed by atoms with Crippen molar-refractivity contribution < 1.29 is 13.6 Å². The third-order valence-electron chi connectivity index (χ3n) is 5.17. The van der Waals surface area contributed by atoms with Crippen LogP contribution in [-0.2, 0) is 4.79 Å². The molecule has 0 aliphatic carbocycles. The molecule has 2 aromatic carbocycles. The molecule has 1 amide bonds. The largest absolute Gasteiger partial charge is 0.341 e. The fourth-order valence-electron chi connectivity index (χ4n) is 3.78. The highest BCUT2D eigenvalue weighted by atomic mass is 32.2. The molecule has 2 aliphatic heterocycles. The minimum absolute atomic E-state index is 0.0285. The monoisotopic (exact) mass is 374 g/mol. The first-order valence-electron chi connectivity index (χ1n) is 8.78. The number of carbonyl (C=O) groups is 1. The molecule has 3 nitrogen and oxygen atoms in total. The zero-order valence-electron chi connectivity index (χ0n) is 14.2. The second kappa shape index (κ2) is 7.37. The van der Waals surface area contributed by atoms with Gasteiger partial charge in [0.2, 0.25) is 5.91 Å². The van der Waals surface area contributed by atoms with Crippen LogP contribution in [0.4, 0.5) is 8.78 Å². The average molecular weight is 374 g/mol. The Morgan fingerprint density at radius 2 is 1.77 bits per heavy atom. The maximum Gasteiger partial charge on any atom is 0.240 e. The molecule has 1 unspecified atom stereocenters. The van der Waals surface area contributed by atoms with Crippen molar-refractivity contribution in [2.45, 2.75) is 10.1 Å². The Morgan fingerprint density at radius 3 is 2.46 bits per heavy atom. The van der Waals surface area contributed by atoms with Crippen molar-refractivity contribution in [2.75, 3.05) is 26.2 Å². The standard InChI is InChI=1S/C20H20F2N2OS/c21-16-6-7-17(22)18(8-16)26-19(13-4-2-1-3-5-13)20(25)24-11-14-9-23-10-15(14)12-24/h1-8,14-15,19,23H,9-12H2/t14-,15+,19?. The van der Waals surface area contributed by atoms with Gasteiger partial charge in [0.25, 0.3) is 0 Å². The van der Waals surface area contributed by atoms with Gasteiger partial charge in [0.1, 0.15) is 16.9 Å². The molecule has 0 spiro atoms. The summed E-state index contributed by atoms with van der Waals surface area (Å²) in [7, 11) is 0. The molecule has 0 bridgehead atoms. The Bertz CT molecular complexity index is 790. The number of fused-ring (bicyclic) bond motifs is 1. The van der Waals surface area contributed by atoms with E-state index in [1.165, 1.54) is 0 Å². The second-order valence-electron chi connectivity index (χ2n) is 6.90. The van der Waals surface area contributed by atoms with Gasteiger partial charge in [-0.3, -0.25) is 4.79 Å². The van der Waals surface area contributed by atoms with Crippen LogP contribution in [0.5, 0.6) is 0 Å². The number of amides is 1. The van der Waals surface area contributed by atoms with Crippen molar-refractivity contribution in [1.29, 1.82) is 0 Å². The third-order valence-corrected chi connectivity index (χ3v) is 6.44. The molecular formula is C20H20F2N2OS. The van der Waals surface area contributed by atoms with E-state index in [0.29, 0.717) is 11.8 Å². The SMILES string of the molecule is O=C(C(Sc1cc(F)ccc1F)c1ccccc1)N1C[C@H]2CNC[C@H]2C1. The molecule has 0 saturated carbocycles. The highest BCUT2D eigenvalue weighted by Gasteiger charge is 2.40. The maximum atomic E-state index is 14.2. The Balaban J connectivity index is 1.61. The van der Waals surface area contributed by atoms with Gasteiger partial charge in [-0.1, -0.05) is 30.3 Å². The number of hydrogen-bond donors (Lipinski definition) is 1. The molecule has 3 atom stereocenters. The lowest BCUT2D eigenvalue weighted by molar-refractivity contribution is -0.130. The van der Waals surface area contributed by atoms with E-state index in [1.807, 2.05) is 35.2 Å². The van der Waals surface area contributed by atoms with Gasteiger partial charge in [-0.25, -0.2) is 8.78 Å². The van der Waals surface area contributed by atoms with Crippen LogP contribution < -0.4 is 5.32 Å². The number of hydrogen-bond acceptors (Lipinski definition) is 3. The molecular weight excluding hydrogens is 354 g/mol. The number of benzene rings is 2. The number of carbonyl (C=O) groups excluding carboxylic acids is 1. The lowest BCUT2D eigenvalue weighted by atomic mass is 10.0. The number of halogens is 2. The number of nitrogens with one attached hydrogen (secondary N) is 1. The van der Waals surface area contributed by atoms with Crippen LogP contribution in [0.15, 0.2) is 53.4 Å². The highest BCUT2D eigenvalue weighted by Crippen LogP contribution is 2.40. The first kappa shape index (κ1) is 17.5. The normalized spacial score (nSPS) is 23.1. The van der Waals surface area contributed by atoms with E-state index in [4.69, 9.17) is 0 Å². The van der Waals surface area contributed by atoms with Gasteiger partial charge < -0.3 is 10.2 Å². The zero-order valence-corrected chi connectivity index (χ0v) is 15.0.